The Balaban J connectivity index is 1.58. The highest BCUT2D eigenvalue weighted by atomic mass is 16.5. The van der Waals surface area contributed by atoms with E-state index in [2.05, 4.69) is 10.6 Å². The first-order valence-electron chi connectivity index (χ1n) is 11.9. The largest absolute Gasteiger partial charge is 0.507 e. The first-order valence-corrected chi connectivity index (χ1v) is 11.9. The molecule has 0 unspecified atom stereocenters. The van der Waals surface area contributed by atoms with E-state index >= 15 is 0 Å². The molecule has 1 amide bonds. The van der Waals surface area contributed by atoms with Crippen molar-refractivity contribution < 1.29 is 38.9 Å². The van der Waals surface area contributed by atoms with E-state index in [0.29, 0.717) is 11.4 Å². The van der Waals surface area contributed by atoms with Crippen LogP contribution in [-0.2, 0) is 19.8 Å². The molecule has 2 aromatic rings. The predicted molar refractivity (Wildman–Crippen MR) is 138 cm³/mol. The van der Waals surface area contributed by atoms with Crippen LogP contribution >= 0.6 is 0 Å². The molecule has 38 heavy (non-hydrogen) atoms. The maximum Gasteiger partial charge on any atom is 0.226 e. The van der Waals surface area contributed by atoms with Crippen LogP contribution in [0, 0.1) is 6.92 Å². The molecule has 1 atom stereocenters. The van der Waals surface area contributed by atoms with Gasteiger partial charge in [-0.25, -0.2) is 0 Å². The number of aromatic hydroxyl groups is 2. The van der Waals surface area contributed by atoms with Crippen molar-refractivity contribution in [1.29, 1.82) is 0 Å². The second-order valence-corrected chi connectivity index (χ2v) is 9.34. The number of nitrogens with one attached hydrogen (secondary N) is 2. The average molecular weight is 521 g/mol. The molecule has 0 saturated carbocycles. The van der Waals surface area contributed by atoms with Crippen LogP contribution < -0.4 is 20.1 Å². The highest BCUT2D eigenvalue weighted by molar-refractivity contribution is 6.31. The van der Waals surface area contributed by atoms with Crippen molar-refractivity contribution in [2.45, 2.75) is 39.5 Å². The summed E-state index contributed by atoms with van der Waals surface area (Å²) in [6.07, 6.45) is 1.21. The zero-order valence-electron chi connectivity index (χ0n) is 21.6. The van der Waals surface area contributed by atoms with Crippen LogP contribution in [0.15, 0.2) is 47.4 Å². The van der Waals surface area contributed by atoms with E-state index in [9.17, 15) is 29.4 Å². The fourth-order valence-electron chi connectivity index (χ4n) is 4.71. The number of methoxy groups -OCH3 is 1. The molecule has 0 saturated heterocycles. The number of ether oxygens (including phenoxy) is 2. The quantitative estimate of drug-likeness (QED) is 0.245. The van der Waals surface area contributed by atoms with Gasteiger partial charge in [0.25, 0.3) is 0 Å². The fourth-order valence-corrected chi connectivity index (χ4v) is 4.71. The lowest BCUT2D eigenvalue weighted by Crippen LogP contribution is -2.41. The summed E-state index contributed by atoms with van der Waals surface area (Å²) in [7, 11) is 1.55. The zero-order valence-corrected chi connectivity index (χ0v) is 21.6. The number of fused-ring (bicyclic) bond motifs is 3. The normalized spacial score (nSPS) is 19.1. The van der Waals surface area contributed by atoms with Gasteiger partial charge >= 0.3 is 0 Å². The number of rotatable bonds is 7. The fraction of sp³-hybridized carbons (Fsp3) is 0.286. The molecule has 4 N–H and O–H groups in total. The first kappa shape index (κ1) is 26.5. The Kier molecular flexibility index (Phi) is 6.75. The lowest BCUT2D eigenvalue weighted by atomic mass is 9.70. The molecule has 10 heteroatoms. The van der Waals surface area contributed by atoms with Gasteiger partial charge in [-0.15, -0.1) is 0 Å². The maximum absolute atomic E-state index is 13.8. The number of anilines is 1. The van der Waals surface area contributed by atoms with Crippen LogP contribution in [0.4, 0.5) is 5.69 Å². The Bertz CT molecular complexity index is 1450. The van der Waals surface area contributed by atoms with Crippen molar-refractivity contribution in [2.24, 2.45) is 0 Å². The summed E-state index contributed by atoms with van der Waals surface area (Å²) in [6, 6.07) is 6.85. The lowest BCUT2D eigenvalue weighted by Gasteiger charge is -2.29. The monoisotopic (exact) mass is 520 g/mol. The molecule has 0 fully saturated rings. The van der Waals surface area contributed by atoms with Gasteiger partial charge in [-0.1, -0.05) is 0 Å². The van der Waals surface area contributed by atoms with Crippen LogP contribution in [0.2, 0.25) is 0 Å². The van der Waals surface area contributed by atoms with E-state index in [-0.39, 0.29) is 58.3 Å². The van der Waals surface area contributed by atoms with Gasteiger partial charge in [0.05, 0.1) is 18.2 Å². The number of carbonyl (C=O) groups is 4. The molecule has 1 aliphatic heterocycles. The Morgan fingerprint density at radius 2 is 1.74 bits per heavy atom. The second-order valence-electron chi connectivity index (χ2n) is 9.34. The third-order valence-corrected chi connectivity index (χ3v) is 6.88. The van der Waals surface area contributed by atoms with Crippen molar-refractivity contribution >= 4 is 28.9 Å². The SMILES string of the molecule is COc1ccc(NC(=O)CCN/C(C)=C2\C(=O)C=C3Oc4c(C(C)=O)c(O)c(C)c(O)c4[C@]3(C)C2=O)cc1. The molecule has 10 nitrogen and oxygen atoms in total. The number of phenols is 2. The molecule has 1 aliphatic carbocycles. The van der Waals surface area contributed by atoms with E-state index in [1.165, 1.54) is 20.8 Å². The van der Waals surface area contributed by atoms with Gasteiger partial charge in [0.1, 0.15) is 39.7 Å². The smallest absolute Gasteiger partial charge is 0.226 e. The number of hydrogen-bond donors (Lipinski definition) is 4. The maximum atomic E-state index is 13.8. The van der Waals surface area contributed by atoms with Crippen molar-refractivity contribution in [1.82, 2.24) is 5.32 Å². The Morgan fingerprint density at radius 3 is 2.34 bits per heavy atom. The number of allylic oxidation sites excluding steroid dienone is 4. The Morgan fingerprint density at radius 1 is 1.08 bits per heavy atom. The Hall–Kier alpha value is -4.60. The minimum atomic E-state index is -1.60. The summed E-state index contributed by atoms with van der Waals surface area (Å²) < 4.78 is 10.8. The molecule has 198 valence electrons. The van der Waals surface area contributed by atoms with Crippen LogP contribution in [0.3, 0.4) is 0 Å². The van der Waals surface area contributed by atoms with Crippen molar-refractivity contribution in [2.75, 3.05) is 19.0 Å². The van der Waals surface area contributed by atoms with Crippen LogP contribution in [0.1, 0.15) is 48.7 Å². The summed E-state index contributed by atoms with van der Waals surface area (Å²) in [4.78, 5) is 51.4. The summed E-state index contributed by atoms with van der Waals surface area (Å²) >= 11 is 0. The van der Waals surface area contributed by atoms with Gasteiger partial charge in [0, 0.05) is 36.0 Å². The van der Waals surface area contributed by atoms with E-state index in [1.807, 2.05) is 0 Å². The van der Waals surface area contributed by atoms with E-state index in [0.717, 1.165) is 6.08 Å². The summed E-state index contributed by atoms with van der Waals surface area (Å²) in [5, 5.41) is 27.0. The molecule has 1 heterocycles. The minimum absolute atomic E-state index is 0.0194. The number of Topliss-reactive ketones (excluding diaryl/α,β-unsaturated/α-hetero) is 2. The minimum Gasteiger partial charge on any atom is -0.507 e. The number of ketones is 3. The zero-order chi connectivity index (χ0) is 27.9. The van der Waals surface area contributed by atoms with Crippen molar-refractivity contribution in [3.05, 3.63) is 64.1 Å². The molecule has 2 aromatic carbocycles. The third kappa shape index (κ3) is 4.17. The molecule has 0 spiro atoms. The molecule has 0 aromatic heterocycles. The number of amides is 1. The highest BCUT2D eigenvalue weighted by Crippen LogP contribution is 2.57. The van der Waals surface area contributed by atoms with Crippen LogP contribution in [0.5, 0.6) is 23.0 Å². The summed E-state index contributed by atoms with van der Waals surface area (Å²) in [5.74, 6) is -2.42. The van der Waals surface area contributed by atoms with Gasteiger partial charge in [-0.05, 0) is 52.0 Å². The number of carbonyl (C=O) groups excluding carboxylic acids is 4. The molecule has 0 radical (unpaired) electrons. The topological polar surface area (TPSA) is 151 Å². The number of hydrogen-bond acceptors (Lipinski definition) is 9. The summed E-state index contributed by atoms with van der Waals surface area (Å²) in [5.41, 5.74) is -1.03. The van der Waals surface area contributed by atoms with Crippen LogP contribution in [-0.4, -0.2) is 47.1 Å². The highest BCUT2D eigenvalue weighted by Gasteiger charge is 2.56. The van der Waals surface area contributed by atoms with E-state index in [4.69, 9.17) is 9.47 Å². The van der Waals surface area contributed by atoms with Crippen molar-refractivity contribution in [3.63, 3.8) is 0 Å². The lowest BCUT2D eigenvalue weighted by molar-refractivity contribution is -0.123. The predicted octanol–water partition coefficient (Wildman–Crippen LogP) is 3.20. The average Bonchev–Trinajstić information content (AvgIpc) is 3.15. The second kappa shape index (κ2) is 9.70. The third-order valence-electron chi connectivity index (χ3n) is 6.88. The number of phenolic OH excluding ortho intramolecular Hbond substituents is 2. The molecular weight excluding hydrogens is 492 g/mol. The number of benzene rings is 2. The van der Waals surface area contributed by atoms with E-state index < -0.39 is 34.3 Å². The first-order chi connectivity index (χ1) is 17.9. The molecular formula is C28H28N2O8. The van der Waals surface area contributed by atoms with E-state index in [1.54, 1.807) is 38.3 Å². The van der Waals surface area contributed by atoms with Gasteiger partial charge in [-0.2, -0.15) is 0 Å². The van der Waals surface area contributed by atoms with Crippen molar-refractivity contribution in [3.8, 4) is 23.0 Å². The standard InChI is InChI=1S/C28H28N2O8/c1-13-24(34)22(15(3)31)26-23(25(13)35)28(4)19(38-26)12-18(32)21(27(28)36)14(2)29-11-10-20(33)30-16-6-8-17(37-5)9-7-16/h6-9,12,29,34-35H,10-11H2,1-5H3,(H,30,33)/b21-14+/t28-/m1/s1. The van der Waals surface area contributed by atoms with Gasteiger partial charge in [0.2, 0.25) is 5.91 Å². The Labute approximate surface area is 218 Å². The molecule has 2 aliphatic rings. The summed E-state index contributed by atoms with van der Waals surface area (Å²) in [6.45, 7) is 5.83. The van der Waals surface area contributed by atoms with Gasteiger partial charge < -0.3 is 30.3 Å². The molecule has 0 bridgehead atoms. The van der Waals surface area contributed by atoms with Crippen LogP contribution in [0.25, 0.3) is 0 Å². The molecule has 4 rings (SSSR count). The van der Waals surface area contributed by atoms with Gasteiger partial charge in [-0.3, -0.25) is 19.2 Å². The van der Waals surface area contributed by atoms with Gasteiger partial charge in [0.15, 0.2) is 17.3 Å².